The highest BCUT2D eigenvalue weighted by molar-refractivity contribution is 6.00. The van der Waals surface area contributed by atoms with Crippen LogP contribution in [0.1, 0.15) is 35.2 Å². The lowest BCUT2D eigenvalue weighted by Crippen LogP contribution is -2.60. The van der Waals surface area contributed by atoms with Gasteiger partial charge in [-0.15, -0.1) is 0 Å². The summed E-state index contributed by atoms with van der Waals surface area (Å²) in [6, 6.07) is 13.8. The number of amides is 1. The van der Waals surface area contributed by atoms with Crippen LogP contribution in [-0.4, -0.2) is 39.5 Å². The van der Waals surface area contributed by atoms with E-state index < -0.39 is 0 Å². The summed E-state index contributed by atoms with van der Waals surface area (Å²) in [4.78, 5) is 24.5. The Balaban J connectivity index is 1.43. The normalized spacial score (nSPS) is 22.0. The van der Waals surface area contributed by atoms with Crippen LogP contribution in [0.25, 0.3) is 11.4 Å². The lowest BCUT2D eigenvalue weighted by Gasteiger charge is -2.53. The first kappa shape index (κ1) is 19.7. The van der Waals surface area contributed by atoms with E-state index in [1.54, 1.807) is 30.6 Å². The van der Waals surface area contributed by atoms with E-state index in [1.807, 2.05) is 30.0 Å². The van der Waals surface area contributed by atoms with Gasteiger partial charge in [0.15, 0.2) is 5.82 Å². The molecular weight excluding hydrogens is 393 g/mol. The topological polar surface area (TPSA) is 55.3 Å². The predicted molar refractivity (Wildman–Crippen MR) is 115 cm³/mol. The van der Waals surface area contributed by atoms with Crippen molar-refractivity contribution in [2.24, 2.45) is 5.92 Å². The minimum Gasteiger partial charge on any atom is -0.491 e. The van der Waals surface area contributed by atoms with Crippen molar-refractivity contribution in [1.82, 2.24) is 14.9 Å². The zero-order valence-corrected chi connectivity index (χ0v) is 17.4. The van der Waals surface area contributed by atoms with Gasteiger partial charge in [-0.2, -0.15) is 0 Å². The number of rotatable bonds is 5. The molecule has 3 heterocycles. The maximum Gasteiger partial charge on any atom is 0.255 e. The third-order valence-corrected chi connectivity index (χ3v) is 6.31. The molecule has 31 heavy (non-hydrogen) atoms. The van der Waals surface area contributed by atoms with Crippen molar-refractivity contribution < 1.29 is 13.9 Å². The number of carbonyl (C=O) groups is 1. The maximum atomic E-state index is 13.8. The second-order valence-electron chi connectivity index (χ2n) is 8.48. The Morgan fingerprint density at radius 2 is 1.84 bits per heavy atom. The molecule has 3 fully saturated rings. The highest BCUT2D eigenvalue weighted by atomic mass is 19.1. The van der Waals surface area contributed by atoms with Gasteiger partial charge in [-0.05, 0) is 68.5 Å². The Hall–Kier alpha value is -3.28. The quantitative estimate of drug-likeness (QED) is 0.606. The average Bonchev–Trinajstić information content (AvgIpc) is 2.78. The zero-order chi connectivity index (χ0) is 21.4. The van der Waals surface area contributed by atoms with E-state index in [1.165, 1.54) is 12.1 Å². The molecule has 3 aliphatic rings. The number of halogens is 1. The monoisotopic (exact) mass is 417 g/mol. The molecule has 2 aromatic carbocycles. The van der Waals surface area contributed by atoms with Gasteiger partial charge in [-0.25, -0.2) is 14.4 Å². The number of aryl methyl sites for hydroxylation is 1. The van der Waals surface area contributed by atoms with Crippen LogP contribution in [0.4, 0.5) is 4.39 Å². The molecule has 6 rings (SSSR count). The van der Waals surface area contributed by atoms with E-state index in [9.17, 15) is 9.18 Å². The van der Waals surface area contributed by atoms with Crippen molar-refractivity contribution in [1.29, 1.82) is 0 Å². The second kappa shape index (κ2) is 8.10. The Bertz CT molecular complexity index is 1080. The van der Waals surface area contributed by atoms with E-state index >= 15 is 0 Å². The number of hydrogen-bond acceptors (Lipinski definition) is 4. The number of hydrogen-bond donors (Lipinski definition) is 0. The number of carbonyl (C=O) groups excluding carboxylic acids is 1. The zero-order valence-electron chi connectivity index (χ0n) is 17.4. The molecule has 1 saturated carbocycles. The predicted octanol–water partition coefficient (Wildman–Crippen LogP) is 4.66. The molecule has 0 radical (unpaired) electrons. The van der Waals surface area contributed by atoms with E-state index in [4.69, 9.17) is 4.74 Å². The van der Waals surface area contributed by atoms with E-state index in [2.05, 4.69) is 9.97 Å². The van der Waals surface area contributed by atoms with Crippen LogP contribution < -0.4 is 4.74 Å². The molecule has 1 amide bonds. The molecule has 1 unspecified atom stereocenters. The fourth-order valence-corrected chi connectivity index (χ4v) is 4.73. The summed E-state index contributed by atoms with van der Waals surface area (Å²) in [5.74, 6) is 1.51. The summed E-state index contributed by atoms with van der Waals surface area (Å²) < 4.78 is 19.1. The van der Waals surface area contributed by atoms with Crippen molar-refractivity contribution in [3.63, 3.8) is 0 Å². The Kier molecular flexibility index (Phi) is 5.14. The smallest absolute Gasteiger partial charge is 0.255 e. The minimum atomic E-state index is -0.293. The first-order chi connectivity index (χ1) is 15.1. The first-order valence-electron chi connectivity index (χ1n) is 10.7. The molecule has 0 N–H and O–H groups in total. The fourth-order valence-electron chi connectivity index (χ4n) is 4.73. The molecular formula is C25H24FN3O2. The molecule has 6 heteroatoms. The van der Waals surface area contributed by atoms with Gasteiger partial charge in [-0.1, -0.05) is 17.7 Å². The van der Waals surface area contributed by atoms with Crippen molar-refractivity contribution in [3.05, 3.63) is 77.9 Å². The fraction of sp³-hybridized carbons (Fsp3) is 0.320. The van der Waals surface area contributed by atoms with E-state index in [0.29, 0.717) is 29.7 Å². The first-order valence-corrected chi connectivity index (χ1v) is 10.7. The summed E-state index contributed by atoms with van der Waals surface area (Å²) in [5.41, 5.74) is 2.39. The van der Waals surface area contributed by atoms with Crippen LogP contribution in [0, 0.1) is 18.7 Å². The second-order valence-corrected chi connectivity index (χ2v) is 8.48. The Morgan fingerprint density at radius 1 is 1.10 bits per heavy atom. The van der Waals surface area contributed by atoms with Gasteiger partial charge in [0.2, 0.25) is 0 Å². The number of aromatic nitrogens is 2. The van der Waals surface area contributed by atoms with Gasteiger partial charge in [0.25, 0.3) is 5.91 Å². The third kappa shape index (κ3) is 3.90. The SMILES string of the molecule is Cc1ccc(-c2ncccn2)c(C(=O)N2C(COc3ccc(F)cc3)CC3CC2C3)c1. The van der Waals surface area contributed by atoms with Crippen LogP contribution in [0.15, 0.2) is 60.9 Å². The summed E-state index contributed by atoms with van der Waals surface area (Å²) in [6.45, 7) is 2.38. The highest BCUT2D eigenvalue weighted by Gasteiger charge is 2.47. The molecule has 2 saturated heterocycles. The lowest BCUT2D eigenvalue weighted by molar-refractivity contribution is -0.0306. The van der Waals surface area contributed by atoms with Crippen LogP contribution in [0.2, 0.25) is 0 Å². The molecule has 1 aliphatic carbocycles. The molecule has 1 aromatic heterocycles. The number of ether oxygens (including phenoxy) is 1. The van der Waals surface area contributed by atoms with Gasteiger partial charge in [0, 0.05) is 24.0 Å². The van der Waals surface area contributed by atoms with Gasteiger partial charge >= 0.3 is 0 Å². The molecule has 2 bridgehead atoms. The molecule has 0 spiro atoms. The Morgan fingerprint density at radius 3 is 2.58 bits per heavy atom. The average molecular weight is 417 g/mol. The summed E-state index contributed by atoms with van der Waals surface area (Å²) in [5, 5.41) is 0. The van der Waals surface area contributed by atoms with Crippen LogP contribution in [0.5, 0.6) is 5.75 Å². The Labute approximate surface area is 180 Å². The van der Waals surface area contributed by atoms with E-state index in [0.717, 1.165) is 30.4 Å². The molecule has 158 valence electrons. The van der Waals surface area contributed by atoms with Crippen molar-refractivity contribution in [2.45, 2.75) is 38.3 Å². The number of nitrogens with zero attached hydrogens (tertiary/aromatic N) is 3. The molecule has 5 nitrogen and oxygen atoms in total. The van der Waals surface area contributed by atoms with Crippen LogP contribution >= 0.6 is 0 Å². The standard InChI is InChI=1S/C25H24FN3O2/c1-16-3-8-22(24-27-9-2-10-28-24)23(11-16)25(30)29-19-12-17(13-19)14-20(29)15-31-21-6-4-18(26)5-7-21/h2-11,17,19-20H,12-15H2,1H3. The summed E-state index contributed by atoms with van der Waals surface area (Å²) in [7, 11) is 0. The van der Waals surface area contributed by atoms with Crippen LogP contribution in [-0.2, 0) is 0 Å². The minimum absolute atomic E-state index is 0.00186. The van der Waals surface area contributed by atoms with Gasteiger partial charge in [0.1, 0.15) is 18.2 Å². The summed E-state index contributed by atoms with van der Waals surface area (Å²) in [6.07, 6.45) is 6.39. The highest BCUT2D eigenvalue weighted by Crippen LogP contribution is 2.44. The van der Waals surface area contributed by atoms with Crippen LogP contribution in [0.3, 0.4) is 0 Å². The lowest BCUT2D eigenvalue weighted by atomic mass is 9.70. The molecule has 2 aliphatic heterocycles. The number of piperidine rings is 2. The van der Waals surface area contributed by atoms with Crippen molar-refractivity contribution in [3.8, 4) is 17.1 Å². The third-order valence-electron chi connectivity index (χ3n) is 6.31. The van der Waals surface area contributed by atoms with Crippen molar-refractivity contribution >= 4 is 5.91 Å². The van der Waals surface area contributed by atoms with Gasteiger partial charge in [-0.3, -0.25) is 4.79 Å². The van der Waals surface area contributed by atoms with E-state index in [-0.39, 0.29) is 23.8 Å². The maximum absolute atomic E-state index is 13.8. The number of benzene rings is 2. The largest absolute Gasteiger partial charge is 0.491 e. The van der Waals surface area contributed by atoms with Gasteiger partial charge < -0.3 is 9.64 Å². The number of fused-ring (bicyclic) bond motifs is 2. The van der Waals surface area contributed by atoms with Crippen molar-refractivity contribution in [2.75, 3.05) is 6.61 Å². The molecule has 1 atom stereocenters. The molecule has 3 aromatic rings. The summed E-state index contributed by atoms with van der Waals surface area (Å²) >= 11 is 0. The van der Waals surface area contributed by atoms with Gasteiger partial charge in [0.05, 0.1) is 11.6 Å².